The number of ether oxygens (including phenoxy) is 1. The van der Waals surface area contributed by atoms with Gasteiger partial charge in [0, 0.05) is 31.5 Å². The first-order valence-corrected chi connectivity index (χ1v) is 7.62. The van der Waals surface area contributed by atoms with Crippen molar-refractivity contribution in [2.45, 2.75) is 18.3 Å². The van der Waals surface area contributed by atoms with Gasteiger partial charge in [0.15, 0.2) is 0 Å². The lowest BCUT2D eigenvalue weighted by Crippen LogP contribution is -2.44. The maximum Gasteiger partial charge on any atom is 0.235 e. The van der Waals surface area contributed by atoms with Crippen LogP contribution >= 0.6 is 11.6 Å². The van der Waals surface area contributed by atoms with E-state index in [0.717, 1.165) is 5.56 Å². The second-order valence-corrected chi connectivity index (χ2v) is 5.99. The Bertz CT molecular complexity index is 660. The van der Waals surface area contributed by atoms with E-state index in [-0.39, 0.29) is 5.91 Å². The van der Waals surface area contributed by atoms with E-state index in [1.807, 2.05) is 31.3 Å². The van der Waals surface area contributed by atoms with Gasteiger partial charge in [0.2, 0.25) is 5.91 Å². The highest BCUT2D eigenvalue weighted by molar-refractivity contribution is 6.30. The van der Waals surface area contributed by atoms with Crippen LogP contribution in [0.5, 0.6) is 0 Å². The molecule has 1 saturated heterocycles. The Kier molecular flexibility index (Phi) is 4.18. The highest BCUT2D eigenvalue weighted by atomic mass is 35.5. The lowest BCUT2D eigenvalue weighted by atomic mass is 9.73. The molecule has 116 valence electrons. The number of hydrogen-bond acceptors (Lipinski definition) is 3. The molecular weight excluding hydrogens is 302 g/mol. The first-order chi connectivity index (χ1) is 10.6. The molecule has 3 rings (SSSR count). The second kappa shape index (κ2) is 6.10. The van der Waals surface area contributed by atoms with Gasteiger partial charge in [-0.1, -0.05) is 23.7 Å². The largest absolute Gasteiger partial charge is 0.381 e. The molecule has 22 heavy (non-hydrogen) atoms. The Balaban J connectivity index is 1.91. The van der Waals surface area contributed by atoms with Crippen LogP contribution in [0.1, 0.15) is 18.4 Å². The van der Waals surface area contributed by atoms with Crippen LogP contribution in [0, 0.1) is 0 Å². The summed E-state index contributed by atoms with van der Waals surface area (Å²) in [5.74, 6) is -0.0221. The fraction of sp³-hybridized carbons (Fsp3) is 0.375. The number of aromatic nitrogens is 2. The van der Waals surface area contributed by atoms with E-state index in [0.29, 0.717) is 36.8 Å². The smallest absolute Gasteiger partial charge is 0.235 e. The maximum absolute atomic E-state index is 12.9. The van der Waals surface area contributed by atoms with E-state index in [2.05, 4.69) is 10.4 Å². The summed E-state index contributed by atoms with van der Waals surface area (Å²) in [5, 5.41) is 7.72. The third-order valence-corrected chi connectivity index (χ3v) is 4.39. The number of carbonyl (C=O) groups excluding carboxylic acids is 1. The fourth-order valence-corrected chi connectivity index (χ4v) is 3.00. The minimum atomic E-state index is -0.585. The van der Waals surface area contributed by atoms with Gasteiger partial charge in [-0.3, -0.25) is 9.48 Å². The van der Waals surface area contributed by atoms with Crippen molar-refractivity contribution < 1.29 is 9.53 Å². The van der Waals surface area contributed by atoms with Crippen LogP contribution in [0.4, 0.5) is 5.69 Å². The summed E-state index contributed by atoms with van der Waals surface area (Å²) in [7, 11) is 1.82. The van der Waals surface area contributed by atoms with E-state index in [4.69, 9.17) is 16.3 Å². The molecule has 6 heteroatoms. The van der Waals surface area contributed by atoms with Crippen LogP contribution < -0.4 is 5.32 Å². The van der Waals surface area contributed by atoms with Gasteiger partial charge in [-0.05, 0) is 30.5 Å². The highest BCUT2D eigenvalue weighted by Gasteiger charge is 2.41. The van der Waals surface area contributed by atoms with Crippen molar-refractivity contribution in [1.29, 1.82) is 0 Å². The van der Waals surface area contributed by atoms with Crippen molar-refractivity contribution in [3.05, 3.63) is 47.2 Å². The first-order valence-electron chi connectivity index (χ1n) is 7.24. The van der Waals surface area contributed by atoms with Crippen LogP contribution in [-0.4, -0.2) is 28.9 Å². The SMILES string of the molecule is Cn1cc(NC(=O)C2(c3ccc(Cl)cc3)CCOCC2)cn1. The summed E-state index contributed by atoms with van der Waals surface area (Å²) in [6.07, 6.45) is 4.74. The molecule has 0 unspecified atom stereocenters. The third kappa shape index (κ3) is 2.87. The monoisotopic (exact) mass is 319 g/mol. The molecule has 0 bridgehead atoms. The number of benzene rings is 1. The maximum atomic E-state index is 12.9. The lowest BCUT2D eigenvalue weighted by Gasteiger charge is -2.36. The van der Waals surface area contributed by atoms with Crippen LogP contribution in [0.2, 0.25) is 5.02 Å². The lowest BCUT2D eigenvalue weighted by molar-refractivity contribution is -0.125. The standard InChI is InChI=1S/C16H18ClN3O2/c1-20-11-14(10-18-20)19-15(21)16(6-8-22-9-7-16)12-2-4-13(17)5-3-12/h2-5,10-11H,6-9H2,1H3,(H,19,21). The Hall–Kier alpha value is -1.85. The van der Waals surface area contributed by atoms with Gasteiger partial charge in [0.25, 0.3) is 0 Å². The third-order valence-electron chi connectivity index (χ3n) is 4.14. The average Bonchev–Trinajstić information content (AvgIpc) is 2.93. The van der Waals surface area contributed by atoms with Gasteiger partial charge in [-0.2, -0.15) is 5.10 Å². The van der Waals surface area contributed by atoms with Gasteiger partial charge in [-0.15, -0.1) is 0 Å². The number of amides is 1. The summed E-state index contributed by atoms with van der Waals surface area (Å²) in [6, 6.07) is 7.50. The Labute approximate surface area is 134 Å². The zero-order valence-corrected chi connectivity index (χ0v) is 13.1. The molecule has 1 aliphatic rings. The van der Waals surface area contributed by atoms with Crippen molar-refractivity contribution >= 4 is 23.2 Å². The first kappa shape index (κ1) is 15.1. The van der Waals surface area contributed by atoms with E-state index >= 15 is 0 Å². The Morgan fingerprint density at radius 3 is 2.59 bits per heavy atom. The summed E-state index contributed by atoms with van der Waals surface area (Å²) >= 11 is 5.97. The Morgan fingerprint density at radius 1 is 1.32 bits per heavy atom. The van der Waals surface area contributed by atoms with Crippen molar-refractivity contribution in [2.75, 3.05) is 18.5 Å². The molecule has 0 saturated carbocycles. The summed E-state index contributed by atoms with van der Waals surface area (Å²) in [4.78, 5) is 12.9. The highest BCUT2D eigenvalue weighted by Crippen LogP contribution is 2.36. The fourth-order valence-electron chi connectivity index (χ4n) is 2.87. The molecule has 2 heterocycles. The molecule has 2 aromatic rings. The van der Waals surface area contributed by atoms with Crippen LogP contribution in [-0.2, 0) is 22.0 Å². The normalized spacial score (nSPS) is 17.2. The number of aryl methyl sites for hydroxylation is 1. The van der Waals surface area contributed by atoms with Crippen LogP contribution in [0.15, 0.2) is 36.7 Å². The van der Waals surface area contributed by atoms with Gasteiger partial charge in [0.05, 0.1) is 17.3 Å². The van der Waals surface area contributed by atoms with Crippen LogP contribution in [0.3, 0.4) is 0 Å². The molecule has 1 aromatic carbocycles. The number of nitrogens with one attached hydrogen (secondary N) is 1. The molecule has 1 N–H and O–H groups in total. The molecule has 5 nitrogen and oxygen atoms in total. The summed E-state index contributed by atoms with van der Waals surface area (Å²) < 4.78 is 7.11. The van der Waals surface area contributed by atoms with Crippen LogP contribution in [0.25, 0.3) is 0 Å². The van der Waals surface area contributed by atoms with Gasteiger partial charge in [-0.25, -0.2) is 0 Å². The number of carbonyl (C=O) groups is 1. The average molecular weight is 320 g/mol. The van der Waals surface area contributed by atoms with E-state index in [9.17, 15) is 4.79 Å². The molecule has 1 amide bonds. The molecule has 1 aliphatic heterocycles. The zero-order chi connectivity index (χ0) is 15.6. The number of rotatable bonds is 3. The molecule has 1 aromatic heterocycles. The van der Waals surface area contributed by atoms with Gasteiger partial charge >= 0.3 is 0 Å². The van der Waals surface area contributed by atoms with Crippen molar-refractivity contribution in [1.82, 2.24) is 9.78 Å². The molecular formula is C16H18ClN3O2. The Morgan fingerprint density at radius 2 is 2.00 bits per heavy atom. The number of hydrogen-bond donors (Lipinski definition) is 1. The summed E-state index contributed by atoms with van der Waals surface area (Å²) in [6.45, 7) is 1.15. The van der Waals surface area contributed by atoms with E-state index < -0.39 is 5.41 Å². The number of halogens is 1. The molecule has 0 aliphatic carbocycles. The molecule has 0 spiro atoms. The topological polar surface area (TPSA) is 56.2 Å². The second-order valence-electron chi connectivity index (χ2n) is 5.56. The number of nitrogens with zero attached hydrogens (tertiary/aromatic N) is 2. The zero-order valence-electron chi connectivity index (χ0n) is 12.4. The minimum absolute atomic E-state index is 0.0221. The van der Waals surface area contributed by atoms with Crippen molar-refractivity contribution in [3.63, 3.8) is 0 Å². The van der Waals surface area contributed by atoms with Crippen molar-refractivity contribution in [2.24, 2.45) is 7.05 Å². The van der Waals surface area contributed by atoms with Gasteiger partial charge in [0.1, 0.15) is 0 Å². The van der Waals surface area contributed by atoms with Crippen molar-refractivity contribution in [3.8, 4) is 0 Å². The van der Waals surface area contributed by atoms with E-state index in [1.54, 1.807) is 17.1 Å². The minimum Gasteiger partial charge on any atom is -0.381 e. The molecule has 1 fully saturated rings. The quantitative estimate of drug-likeness (QED) is 0.946. The van der Waals surface area contributed by atoms with E-state index in [1.165, 1.54) is 0 Å². The predicted octanol–water partition coefficient (Wildman–Crippen LogP) is 2.76. The predicted molar refractivity (Wildman–Crippen MR) is 85.0 cm³/mol. The summed E-state index contributed by atoms with van der Waals surface area (Å²) in [5.41, 5.74) is 1.09. The molecule has 0 atom stereocenters. The molecule has 0 radical (unpaired) electrons. The van der Waals surface area contributed by atoms with Gasteiger partial charge < -0.3 is 10.1 Å². The number of anilines is 1.